The third kappa shape index (κ3) is 4.06. The zero-order chi connectivity index (χ0) is 22.1. The van der Waals surface area contributed by atoms with Gasteiger partial charge in [0.1, 0.15) is 17.5 Å². The number of amides is 3. The summed E-state index contributed by atoms with van der Waals surface area (Å²) in [5.41, 5.74) is 2.62. The van der Waals surface area contributed by atoms with Gasteiger partial charge in [0.05, 0.1) is 6.04 Å². The van der Waals surface area contributed by atoms with Crippen molar-refractivity contribution < 1.29 is 14.4 Å². The fourth-order valence-corrected chi connectivity index (χ4v) is 5.62. The third-order valence-electron chi connectivity index (χ3n) is 5.90. The Morgan fingerprint density at radius 2 is 1.68 bits per heavy atom. The molecule has 1 fully saturated rings. The third-order valence-corrected chi connectivity index (χ3v) is 7.21. The van der Waals surface area contributed by atoms with Crippen LogP contribution in [0.4, 0.5) is 0 Å². The summed E-state index contributed by atoms with van der Waals surface area (Å²) in [6.45, 7) is 5.73. The van der Waals surface area contributed by atoms with Gasteiger partial charge in [-0.1, -0.05) is 62.4 Å². The molecule has 2 aromatic rings. The summed E-state index contributed by atoms with van der Waals surface area (Å²) >= 11 is 1.59. The molecule has 2 aliphatic rings. The van der Waals surface area contributed by atoms with Crippen molar-refractivity contribution in [2.24, 2.45) is 5.92 Å². The maximum Gasteiger partial charge on any atom is 0.256 e. The van der Waals surface area contributed by atoms with Crippen LogP contribution in [0.2, 0.25) is 0 Å². The number of rotatable bonds is 6. The fraction of sp³-hybridized carbons (Fsp3) is 0.375. The average molecular weight is 438 g/mol. The molecule has 2 aromatic carbocycles. The Morgan fingerprint density at radius 3 is 2.39 bits per heavy atom. The summed E-state index contributed by atoms with van der Waals surface area (Å²) in [4.78, 5) is 40.7. The fourth-order valence-electron chi connectivity index (χ4n) is 4.15. The molecular weight excluding hydrogens is 410 g/mol. The van der Waals surface area contributed by atoms with Gasteiger partial charge in [0.15, 0.2) is 0 Å². The number of thioether (sulfide) groups is 1. The van der Waals surface area contributed by atoms with Gasteiger partial charge in [0.25, 0.3) is 5.91 Å². The molecule has 6 nitrogen and oxygen atoms in total. The van der Waals surface area contributed by atoms with E-state index in [-0.39, 0.29) is 35.1 Å². The lowest BCUT2D eigenvalue weighted by atomic mass is 10.0. The molecular formula is C24H27N3O3S. The number of nitrogens with zero attached hydrogens (tertiary/aromatic N) is 1. The minimum Gasteiger partial charge on any atom is -0.348 e. The van der Waals surface area contributed by atoms with E-state index in [0.717, 1.165) is 11.1 Å². The number of hydrogen-bond acceptors (Lipinski definition) is 4. The minimum atomic E-state index is -0.678. The highest BCUT2D eigenvalue weighted by molar-refractivity contribution is 7.99. The highest BCUT2D eigenvalue weighted by atomic mass is 32.2. The second-order valence-electron chi connectivity index (χ2n) is 8.37. The molecule has 162 valence electrons. The van der Waals surface area contributed by atoms with E-state index in [1.807, 2.05) is 69.3 Å². The van der Waals surface area contributed by atoms with Crippen molar-refractivity contribution in [3.63, 3.8) is 0 Å². The van der Waals surface area contributed by atoms with E-state index in [9.17, 15) is 14.4 Å². The van der Waals surface area contributed by atoms with Gasteiger partial charge in [-0.05, 0) is 30.0 Å². The normalized spacial score (nSPS) is 21.4. The van der Waals surface area contributed by atoms with Crippen molar-refractivity contribution in [2.75, 3.05) is 5.75 Å². The second kappa shape index (κ2) is 8.75. The smallest absolute Gasteiger partial charge is 0.256 e. The molecule has 0 saturated carbocycles. The van der Waals surface area contributed by atoms with Crippen LogP contribution >= 0.6 is 11.8 Å². The molecule has 3 amide bonds. The zero-order valence-electron chi connectivity index (χ0n) is 17.9. The van der Waals surface area contributed by atoms with Crippen molar-refractivity contribution in [3.8, 4) is 0 Å². The quantitative estimate of drug-likeness (QED) is 0.727. The number of hydrogen-bond donors (Lipinski definition) is 2. The molecule has 0 bridgehead atoms. The van der Waals surface area contributed by atoms with Crippen molar-refractivity contribution >= 4 is 29.5 Å². The van der Waals surface area contributed by atoms with Crippen molar-refractivity contribution in [2.45, 2.75) is 44.3 Å². The molecule has 31 heavy (non-hydrogen) atoms. The first-order chi connectivity index (χ1) is 14.9. The minimum absolute atomic E-state index is 0.0942. The largest absolute Gasteiger partial charge is 0.348 e. The Morgan fingerprint density at radius 1 is 1.00 bits per heavy atom. The van der Waals surface area contributed by atoms with E-state index in [0.29, 0.717) is 11.3 Å². The van der Waals surface area contributed by atoms with Gasteiger partial charge in [-0.15, -0.1) is 11.8 Å². The summed E-state index contributed by atoms with van der Waals surface area (Å²) in [6, 6.07) is 15.8. The Hall–Kier alpha value is -2.80. The Balaban J connectivity index is 1.45. The number of carbonyl (C=O) groups excluding carboxylic acids is 3. The van der Waals surface area contributed by atoms with E-state index >= 15 is 0 Å². The number of fused-ring (bicyclic) bond motifs is 3. The van der Waals surface area contributed by atoms with Crippen LogP contribution in [0.1, 0.15) is 53.7 Å². The SMILES string of the molecule is CC(C)[C@H](NC(=O)[C@@H]1CS[C@H]2c3ccccc3C(=O)N12)C(=O)N[C@H](C)c1ccccc1. The molecule has 2 aliphatic heterocycles. The monoisotopic (exact) mass is 437 g/mol. The topological polar surface area (TPSA) is 78.5 Å². The van der Waals surface area contributed by atoms with Crippen LogP contribution in [0, 0.1) is 5.92 Å². The lowest BCUT2D eigenvalue weighted by Crippen LogP contribution is -2.55. The first kappa shape index (κ1) is 21.4. The standard InChI is InChI=1S/C24H27N3O3S/c1-14(2)20(22(29)25-15(3)16-9-5-4-6-10-16)26-21(28)19-13-31-24-18-12-8-7-11-17(18)23(30)27(19)24/h4-12,14-15,19-20,24H,13H2,1-3H3,(H,25,29)(H,26,28)/t15-,19+,20+,24+/m1/s1. The molecule has 0 aromatic heterocycles. The second-order valence-corrected chi connectivity index (χ2v) is 9.49. The maximum absolute atomic E-state index is 13.2. The van der Waals surface area contributed by atoms with Gasteiger partial charge in [0, 0.05) is 11.3 Å². The molecule has 0 spiro atoms. The molecule has 2 N–H and O–H groups in total. The predicted octanol–water partition coefficient (Wildman–Crippen LogP) is 3.27. The summed E-state index contributed by atoms with van der Waals surface area (Å²) in [7, 11) is 0. The first-order valence-electron chi connectivity index (χ1n) is 10.6. The number of nitrogens with one attached hydrogen (secondary N) is 2. The van der Waals surface area contributed by atoms with Gasteiger partial charge < -0.3 is 15.5 Å². The van der Waals surface area contributed by atoms with Gasteiger partial charge in [-0.3, -0.25) is 14.4 Å². The molecule has 1 saturated heterocycles. The molecule has 7 heteroatoms. The zero-order valence-corrected chi connectivity index (χ0v) is 18.7. The molecule has 0 unspecified atom stereocenters. The van der Waals surface area contributed by atoms with E-state index in [4.69, 9.17) is 0 Å². The predicted molar refractivity (Wildman–Crippen MR) is 121 cm³/mol. The van der Waals surface area contributed by atoms with Gasteiger partial charge in [0.2, 0.25) is 11.8 Å². The van der Waals surface area contributed by atoms with Gasteiger partial charge in [-0.25, -0.2) is 0 Å². The van der Waals surface area contributed by atoms with Crippen LogP contribution in [0.5, 0.6) is 0 Å². The van der Waals surface area contributed by atoms with E-state index in [1.165, 1.54) is 0 Å². The Labute approximate surface area is 186 Å². The number of carbonyl (C=O) groups is 3. The Bertz CT molecular complexity index is 995. The lowest BCUT2D eigenvalue weighted by molar-refractivity contribution is -0.132. The molecule has 4 rings (SSSR count). The van der Waals surface area contributed by atoms with E-state index < -0.39 is 12.1 Å². The van der Waals surface area contributed by atoms with Crippen molar-refractivity contribution in [1.82, 2.24) is 15.5 Å². The Kier molecular flexibility index (Phi) is 6.05. The van der Waals surface area contributed by atoms with Crippen molar-refractivity contribution in [3.05, 3.63) is 71.3 Å². The molecule has 2 heterocycles. The highest BCUT2D eigenvalue weighted by Gasteiger charge is 2.48. The van der Waals surface area contributed by atoms with Crippen LogP contribution in [0.15, 0.2) is 54.6 Å². The molecule has 0 aliphatic carbocycles. The van der Waals surface area contributed by atoms with Crippen LogP contribution in [-0.2, 0) is 9.59 Å². The molecule has 0 radical (unpaired) electrons. The maximum atomic E-state index is 13.2. The number of benzene rings is 2. The van der Waals surface area contributed by atoms with Gasteiger partial charge >= 0.3 is 0 Å². The highest BCUT2D eigenvalue weighted by Crippen LogP contribution is 2.48. The van der Waals surface area contributed by atoms with Crippen LogP contribution in [-0.4, -0.2) is 40.5 Å². The summed E-state index contributed by atoms with van der Waals surface area (Å²) in [5, 5.41) is 5.78. The van der Waals surface area contributed by atoms with Crippen molar-refractivity contribution in [1.29, 1.82) is 0 Å². The summed E-state index contributed by atoms with van der Waals surface area (Å²) in [5.74, 6) is -0.198. The molecule has 4 atom stereocenters. The van der Waals surface area contributed by atoms with E-state index in [2.05, 4.69) is 10.6 Å². The lowest BCUT2D eigenvalue weighted by Gasteiger charge is -2.28. The van der Waals surface area contributed by atoms with Gasteiger partial charge in [-0.2, -0.15) is 0 Å². The van der Waals surface area contributed by atoms with E-state index in [1.54, 1.807) is 22.7 Å². The van der Waals surface area contributed by atoms with Crippen LogP contribution in [0.25, 0.3) is 0 Å². The summed E-state index contributed by atoms with van der Waals surface area (Å²) in [6.07, 6.45) is 0. The van der Waals surface area contributed by atoms with Crippen LogP contribution in [0.3, 0.4) is 0 Å². The first-order valence-corrected chi connectivity index (χ1v) is 11.6. The summed E-state index contributed by atoms with van der Waals surface area (Å²) < 4.78 is 0. The van der Waals surface area contributed by atoms with Crippen LogP contribution < -0.4 is 10.6 Å². The average Bonchev–Trinajstić information content (AvgIpc) is 3.32.